The van der Waals surface area contributed by atoms with Gasteiger partial charge in [-0.25, -0.2) is 0 Å². The highest BCUT2D eigenvalue weighted by Gasteiger charge is 2.12. The van der Waals surface area contributed by atoms with E-state index in [0.29, 0.717) is 17.9 Å². The largest absolute Gasteiger partial charge is 0.492 e. The quantitative estimate of drug-likeness (QED) is 0.769. The van der Waals surface area contributed by atoms with E-state index in [-0.39, 0.29) is 11.5 Å². The Morgan fingerprint density at radius 3 is 3.00 bits per heavy atom. The van der Waals surface area contributed by atoms with E-state index < -0.39 is 0 Å². The van der Waals surface area contributed by atoms with Crippen LogP contribution in [-0.4, -0.2) is 32.8 Å². The van der Waals surface area contributed by atoms with E-state index in [2.05, 4.69) is 20.4 Å². The molecular weight excluding hydrogens is 208 g/mol. The molecule has 0 radical (unpaired) electrons. The van der Waals surface area contributed by atoms with Gasteiger partial charge in [0.2, 0.25) is 5.78 Å². The second-order valence-corrected chi connectivity index (χ2v) is 3.03. The fraction of sp³-hybridized carbons (Fsp3) is 0.200. The van der Waals surface area contributed by atoms with Crippen molar-refractivity contribution < 1.29 is 9.53 Å². The van der Waals surface area contributed by atoms with Crippen LogP contribution in [0.3, 0.4) is 0 Å². The van der Waals surface area contributed by atoms with Crippen LogP contribution in [0, 0.1) is 0 Å². The molecule has 0 aromatic carbocycles. The van der Waals surface area contributed by atoms with Crippen molar-refractivity contribution in [2.24, 2.45) is 0 Å². The van der Waals surface area contributed by atoms with Gasteiger partial charge in [-0.3, -0.25) is 9.78 Å². The van der Waals surface area contributed by atoms with Crippen LogP contribution in [-0.2, 0) is 0 Å². The summed E-state index contributed by atoms with van der Waals surface area (Å²) < 4.78 is 5.26. The van der Waals surface area contributed by atoms with Gasteiger partial charge in [-0.05, 0) is 13.0 Å². The predicted octanol–water partition coefficient (Wildman–Crippen LogP) is 0.829. The topological polar surface area (TPSA) is 80.8 Å². The molecule has 0 atom stereocenters. The van der Waals surface area contributed by atoms with E-state index in [1.165, 1.54) is 12.4 Å². The lowest BCUT2D eigenvalue weighted by molar-refractivity contribution is 0.103. The maximum atomic E-state index is 11.8. The zero-order valence-electron chi connectivity index (χ0n) is 8.67. The van der Waals surface area contributed by atoms with Gasteiger partial charge < -0.3 is 4.74 Å². The number of aromatic nitrogens is 4. The summed E-state index contributed by atoms with van der Waals surface area (Å²) in [6, 6.07) is 1.63. The minimum atomic E-state index is -0.234. The number of pyridine rings is 1. The molecule has 0 saturated carbocycles. The average molecular weight is 218 g/mol. The number of H-pyrrole nitrogens is 1. The van der Waals surface area contributed by atoms with Crippen molar-refractivity contribution in [1.29, 1.82) is 0 Å². The lowest BCUT2D eigenvalue weighted by atomic mass is 10.1. The van der Waals surface area contributed by atoms with Crippen LogP contribution in [0.2, 0.25) is 0 Å². The van der Waals surface area contributed by atoms with Crippen molar-refractivity contribution in [2.45, 2.75) is 6.92 Å². The third-order valence-corrected chi connectivity index (χ3v) is 1.93. The Kier molecular flexibility index (Phi) is 2.90. The predicted molar refractivity (Wildman–Crippen MR) is 55.2 cm³/mol. The van der Waals surface area contributed by atoms with Crippen LogP contribution in [0.1, 0.15) is 23.0 Å². The molecule has 0 aliphatic rings. The minimum Gasteiger partial charge on any atom is -0.492 e. The minimum absolute atomic E-state index is 0.234. The maximum Gasteiger partial charge on any atom is 0.216 e. The Bertz CT molecular complexity index is 481. The van der Waals surface area contributed by atoms with Crippen LogP contribution in [0.5, 0.6) is 5.75 Å². The summed E-state index contributed by atoms with van der Waals surface area (Å²) in [7, 11) is 0. The summed E-state index contributed by atoms with van der Waals surface area (Å²) in [5, 5.41) is 9.68. The van der Waals surface area contributed by atoms with E-state index in [9.17, 15) is 4.79 Å². The molecule has 2 aromatic heterocycles. The zero-order chi connectivity index (χ0) is 11.4. The van der Waals surface area contributed by atoms with Crippen LogP contribution >= 0.6 is 0 Å². The molecule has 0 saturated heterocycles. The van der Waals surface area contributed by atoms with Gasteiger partial charge in [0.05, 0.1) is 19.0 Å². The van der Waals surface area contributed by atoms with Crippen molar-refractivity contribution in [3.8, 4) is 5.75 Å². The number of aromatic amines is 1. The molecule has 0 fully saturated rings. The normalized spacial score (nSPS) is 10.1. The van der Waals surface area contributed by atoms with E-state index >= 15 is 0 Å². The number of ketones is 1. The van der Waals surface area contributed by atoms with Gasteiger partial charge in [-0.2, -0.15) is 15.4 Å². The average Bonchev–Trinajstić information content (AvgIpc) is 2.82. The fourth-order valence-electron chi connectivity index (χ4n) is 1.25. The molecule has 2 aromatic rings. The third kappa shape index (κ3) is 2.05. The molecule has 0 bridgehead atoms. The number of hydrogen-bond donors (Lipinski definition) is 1. The molecule has 0 amide bonds. The Morgan fingerprint density at radius 2 is 2.31 bits per heavy atom. The number of rotatable bonds is 4. The molecule has 2 heterocycles. The molecule has 6 heteroatoms. The second kappa shape index (κ2) is 4.52. The Labute approximate surface area is 91.7 Å². The number of nitrogens with one attached hydrogen (secondary N) is 1. The van der Waals surface area contributed by atoms with Crippen LogP contribution in [0.25, 0.3) is 0 Å². The SMILES string of the molecule is CCOc1cncc(C(=O)c2cn[nH]n2)c1. The van der Waals surface area contributed by atoms with Gasteiger partial charge in [-0.1, -0.05) is 0 Å². The number of ether oxygens (including phenoxy) is 1. The fourth-order valence-corrected chi connectivity index (χ4v) is 1.25. The summed E-state index contributed by atoms with van der Waals surface area (Å²) in [5.41, 5.74) is 0.690. The van der Waals surface area contributed by atoms with Crippen molar-refractivity contribution in [3.05, 3.63) is 35.9 Å². The van der Waals surface area contributed by atoms with Crippen LogP contribution in [0.4, 0.5) is 0 Å². The Morgan fingerprint density at radius 1 is 1.44 bits per heavy atom. The molecule has 16 heavy (non-hydrogen) atoms. The Balaban J connectivity index is 2.27. The molecule has 6 nitrogen and oxygen atoms in total. The van der Waals surface area contributed by atoms with Crippen molar-refractivity contribution in [2.75, 3.05) is 6.61 Å². The molecule has 0 spiro atoms. The van der Waals surface area contributed by atoms with Gasteiger partial charge in [0.25, 0.3) is 0 Å². The molecule has 0 aliphatic carbocycles. The van der Waals surface area contributed by atoms with E-state index in [4.69, 9.17) is 4.74 Å². The van der Waals surface area contributed by atoms with E-state index in [1.54, 1.807) is 12.3 Å². The number of carbonyl (C=O) groups excluding carboxylic acids is 1. The first-order valence-corrected chi connectivity index (χ1v) is 4.79. The lowest BCUT2D eigenvalue weighted by Crippen LogP contribution is -2.03. The highest BCUT2D eigenvalue weighted by Crippen LogP contribution is 2.13. The summed E-state index contributed by atoms with van der Waals surface area (Å²) >= 11 is 0. The summed E-state index contributed by atoms with van der Waals surface area (Å²) in [6.45, 7) is 2.40. The van der Waals surface area contributed by atoms with Gasteiger partial charge in [0.15, 0.2) is 5.69 Å². The van der Waals surface area contributed by atoms with Crippen molar-refractivity contribution in [3.63, 3.8) is 0 Å². The standard InChI is InChI=1S/C10H10N4O2/c1-2-16-8-3-7(4-11-5-8)10(15)9-6-12-14-13-9/h3-6H,2H2,1H3,(H,12,13,14). The van der Waals surface area contributed by atoms with Crippen molar-refractivity contribution in [1.82, 2.24) is 20.4 Å². The molecule has 0 unspecified atom stereocenters. The highest BCUT2D eigenvalue weighted by molar-refractivity contribution is 6.07. The summed E-state index contributed by atoms with van der Waals surface area (Å²) in [6.07, 6.45) is 4.40. The second-order valence-electron chi connectivity index (χ2n) is 3.03. The summed E-state index contributed by atoms with van der Waals surface area (Å²) in [5.74, 6) is 0.333. The summed E-state index contributed by atoms with van der Waals surface area (Å²) in [4.78, 5) is 15.8. The van der Waals surface area contributed by atoms with Gasteiger partial charge in [0.1, 0.15) is 5.75 Å². The highest BCUT2D eigenvalue weighted by atomic mass is 16.5. The molecule has 82 valence electrons. The van der Waals surface area contributed by atoms with Crippen molar-refractivity contribution >= 4 is 5.78 Å². The van der Waals surface area contributed by atoms with E-state index in [0.717, 1.165) is 0 Å². The smallest absolute Gasteiger partial charge is 0.216 e. The molecule has 1 N–H and O–H groups in total. The zero-order valence-corrected chi connectivity index (χ0v) is 8.67. The molecular formula is C10H10N4O2. The molecule has 2 rings (SSSR count). The first kappa shape index (κ1) is 10.3. The van der Waals surface area contributed by atoms with Gasteiger partial charge in [-0.15, -0.1) is 0 Å². The first-order valence-electron chi connectivity index (χ1n) is 4.79. The molecule has 0 aliphatic heterocycles. The first-order chi connectivity index (χ1) is 7.81. The lowest BCUT2D eigenvalue weighted by Gasteiger charge is -2.03. The van der Waals surface area contributed by atoms with Gasteiger partial charge >= 0.3 is 0 Å². The van der Waals surface area contributed by atoms with Gasteiger partial charge in [0, 0.05) is 11.8 Å². The maximum absolute atomic E-state index is 11.8. The number of hydrogen-bond acceptors (Lipinski definition) is 5. The Hall–Kier alpha value is -2.24. The van der Waals surface area contributed by atoms with E-state index in [1.807, 2.05) is 6.92 Å². The number of nitrogens with zero attached hydrogens (tertiary/aromatic N) is 3. The monoisotopic (exact) mass is 218 g/mol. The van der Waals surface area contributed by atoms with Crippen LogP contribution in [0.15, 0.2) is 24.7 Å². The van der Waals surface area contributed by atoms with Crippen LogP contribution < -0.4 is 4.74 Å². The number of carbonyl (C=O) groups is 1. The third-order valence-electron chi connectivity index (χ3n) is 1.93.